The van der Waals surface area contributed by atoms with Crippen molar-refractivity contribution in [2.24, 2.45) is 0 Å². The monoisotopic (exact) mass is 392 g/mol. The van der Waals surface area contributed by atoms with Crippen molar-refractivity contribution in [3.05, 3.63) is 32.6 Å². The van der Waals surface area contributed by atoms with Gasteiger partial charge in [-0.05, 0) is 19.3 Å². The van der Waals surface area contributed by atoms with Gasteiger partial charge in [0, 0.05) is 19.5 Å². The second kappa shape index (κ2) is 10.7. The Bertz CT molecular complexity index is 854. The quantitative estimate of drug-likeness (QED) is 0.532. The summed E-state index contributed by atoms with van der Waals surface area (Å²) in [6, 6.07) is 0. The molecule has 28 heavy (non-hydrogen) atoms. The molecule has 0 fully saturated rings. The van der Waals surface area contributed by atoms with E-state index in [0.717, 1.165) is 44.9 Å². The number of anilines is 2. The molecule has 156 valence electrons. The first-order valence-electron chi connectivity index (χ1n) is 10.2. The molecule has 0 amide bonds. The highest BCUT2D eigenvalue weighted by Gasteiger charge is 2.21. The molecule has 0 atom stereocenters. The fraction of sp³-hybridized carbons (Fsp3) is 0.684. The van der Waals surface area contributed by atoms with Gasteiger partial charge in [0.2, 0.25) is 5.89 Å². The first-order chi connectivity index (χ1) is 13.5. The molecule has 0 radical (unpaired) electrons. The molecule has 0 unspecified atom stereocenters. The van der Waals surface area contributed by atoms with Crippen LogP contribution in [0.25, 0.3) is 0 Å². The van der Waals surface area contributed by atoms with E-state index in [2.05, 4.69) is 22.0 Å². The Morgan fingerprint density at radius 1 is 1.11 bits per heavy atom. The van der Waals surface area contributed by atoms with Gasteiger partial charge in [-0.2, -0.15) is 4.98 Å². The van der Waals surface area contributed by atoms with Gasteiger partial charge < -0.3 is 15.2 Å². The molecular formula is C19H32N6O3. The van der Waals surface area contributed by atoms with Gasteiger partial charge in [-0.25, -0.2) is 4.79 Å². The number of nitrogens with two attached hydrogens (primary N) is 1. The topological polar surface area (TPSA) is 123 Å². The number of nitrogens with one attached hydrogen (secondary N) is 1. The molecule has 9 nitrogen and oxygen atoms in total. The maximum atomic E-state index is 12.6. The maximum Gasteiger partial charge on any atom is 0.330 e. The fourth-order valence-electron chi connectivity index (χ4n) is 3.09. The highest BCUT2D eigenvalue weighted by Crippen LogP contribution is 2.20. The summed E-state index contributed by atoms with van der Waals surface area (Å²) in [6.45, 7) is 7.56. The van der Waals surface area contributed by atoms with Crippen molar-refractivity contribution in [3.63, 3.8) is 0 Å². The lowest BCUT2D eigenvalue weighted by molar-refractivity contribution is 0.370. The lowest BCUT2D eigenvalue weighted by Gasteiger charge is -2.24. The average molecular weight is 393 g/mol. The standard InChI is InChI=1S/C19H32N6O3/c1-4-7-9-11-24(13-15-21-14(10-6-3)23-28-15)16-17(20)25(12-8-5-2)19(27)22-18(16)26/h4-13,20H2,1-3H3,(H,22,26,27). The summed E-state index contributed by atoms with van der Waals surface area (Å²) < 4.78 is 6.78. The first-order valence-corrected chi connectivity index (χ1v) is 10.2. The molecule has 3 N–H and O–H groups in total. The Balaban J connectivity index is 2.38. The number of nitrogens with zero attached hydrogens (tertiary/aromatic N) is 4. The molecule has 0 aliphatic carbocycles. The molecule has 2 aromatic heterocycles. The number of rotatable bonds is 12. The predicted molar refractivity (Wildman–Crippen MR) is 110 cm³/mol. The molecule has 2 rings (SSSR count). The van der Waals surface area contributed by atoms with Crippen molar-refractivity contribution in [2.45, 2.75) is 78.8 Å². The number of H-pyrrole nitrogens is 1. The lowest BCUT2D eigenvalue weighted by atomic mass is 10.2. The van der Waals surface area contributed by atoms with Crippen LogP contribution in [0.2, 0.25) is 0 Å². The first kappa shape index (κ1) is 21.7. The van der Waals surface area contributed by atoms with Crippen molar-refractivity contribution in [2.75, 3.05) is 17.2 Å². The van der Waals surface area contributed by atoms with Gasteiger partial charge >= 0.3 is 5.69 Å². The summed E-state index contributed by atoms with van der Waals surface area (Å²) in [5.74, 6) is 1.28. The van der Waals surface area contributed by atoms with Gasteiger partial charge in [-0.3, -0.25) is 14.3 Å². The number of aromatic nitrogens is 4. The highest BCUT2D eigenvalue weighted by atomic mass is 16.5. The predicted octanol–water partition coefficient (Wildman–Crippen LogP) is 2.45. The largest absolute Gasteiger partial charge is 0.383 e. The minimum Gasteiger partial charge on any atom is -0.383 e. The SMILES string of the molecule is CCCCCN(Cc1nc(CCC)no1)c1c(N)n(CCCC)c(=O)[nH]c1=O. The minimum atomic E-state index is -0.486. The molecule has 0 bridgehead atoms. The summed E-state index contributed by atoms with van der Waals surface area (Å²) in [7, 11) is 0. The third-order valence-electron chi connectivity index (χ3n) is 4.61. The normalized spacial score (nSPS) is 11.1. The summed E-state index contributed by atoms with van der Waals surface area (Å²) in [6.07, 6.45) is 6.35. The van der Waals surface area contributed by atoms with Crippen LogP contribution in [-0.4, -0.2) is 26.2 Å². The summed E-state index contributed by atoms with van der Waals surface area (Å²) in [5.41, 5.74) is 5.60. The van der Waals surface area contributed by atoms with Crippen molar-refractivity contribution < 1.29 is 4.52 Å². The van der Waals surface area contributed by atoms with Crippen LogP contribution in [0, 0.1) is 0 Å². The Labute approximate surface area is 164 Å². The zero-order valence-corrected chi connectivity index (χ0v) is 17.2. The van der Waals surface area contributed by atoms with Gasteiger partial charge in [0.15, 0.2) is 5.82 Å². The minimum absolute atomic E-state index is 0.187. The van der Waals surface area contributed by atoms with E-state index >= 15 is 0 Å². The zero-order chi connectivity index (χ0) is 20.5. The Hall–Kier alpha value is -2.58. The number of unbranched alkanes of at least 4 members (excludes halogenated alkanes) is 3. The van der Waals surface area contributed by atoms with Crippen LogP contribution < -0.4 is 21.9 Å². The zero-order valence-electron chi connectivity index (χ0n) is 17.2. The van der Waals surface area contributed by atoms with E-state index in [1.54, 1.807) is 0 Å². The van der Waals surface area contributed by atoms with Gasteiger partial charge in [-0.1, -0.05) is 45.2 Å². The van der Waals surface area contributed by atoms with Crippen molar-refractivity contribution in [1.29, 1.82) is 0 Å². The van der Waals surface area contributed by atoms with Gasteiger partial charge in [-0.15, -0.1) is 0 Å². The molecule has 0 aliphatic rings. The smallest absolute Gasteiger partial charge is 0.330 e. The highest BCUT2D eigenvalue weighted by molar-refractivity contribution is 5.62. The summed E-state index contributed by atoms with van der Waals surface area (Å²) >= 11 is 0. The van der Waals surface area contributed by atoms with E-state index in [9.17, 15) is 9.59 Å². The molecule has 0 saturated heterocycles. The molecule has 0 aromatic carbocycles. The summed E-state index contributed by atoms with van der Waals surface area (Å²) in [4.78, 5) is 33.5. The Morgan fingerprint density at radius 3 is 2.54 bits per heavy atom. The number of hydrogen-bond donors (Lipinski definition) is 2. The third kappa shape index (κ3) is 5.46. The van der Waals surface area contributed by atoms with Gasteiger partial charge in [0.25, 0.3) is 5.56 Å². The number of nitrogen functional groups attached to an aromatic ring is 1. The van der Waals surface area contributed by atoms with Crippen molar-refractivity contribution in [3.8, 4) is 0 Å². The molecule has 0 saturated carbocycles. The molecule has 2 heterocycles. The van der Waals surface area contributed by atoms with Crippen LogP contribution in [-0.2, 0) is 19.5 Å². The third-order valence-corrected chi connectivity index (χ3v) is 4.61. The molecule has 0 aliphatic heterocycles. The van der Waals surface area contributed by atoms with E-state index in [4.69, 9.17) is 10.3 Å². The maximum absolute atomic E-state index is 12.6. The fourth-order valence-corrected chi connectivity index (χ4v) is 3.09. The van der Waals surface area contributed by atoms with Crippen LogP contribution in [0.5, 0.6) is 0 Å². The van der Waals surface area contributed by atoms with Gasteiger partial charge in [0.05, 0.1) is 6.54 Å². The Morgan fingerprint density at radius 2 is 1.86 bits per heavy atom. The molecule has 9 heteroatoms. The van der Waals surface area contributed by atoms with Crippen LogP contribution >= 0.6 is 0 Å². The number of aryl methyl sites for hydroxylation is 1. The van der Waals surface area contributed by atoms with Crippen LogP contribution in [0.3, 0.4) is 0 Å². The number of aromatic amines is 1. The van der Waals surface area contributed by atoms with E-state index < -0.39 is 11.2 Å². The molecule has 2 aromatic rings. The van der Waals surface area contributed by atoms with Crippen LogP contribution in [0.15, 0.2) is 14.1 Å². The average Bonchev–Trinajstić information content (AvgIpc) is 3.08. The van der Waals surface area contributed by atoms with Crippen LogP contribution in [0.1, 0.15) is 71.0 Å². The second-order valence-corrected chi connectivity index (χ2v) is 6.98. The van der Waals surface area contributed by atoms with E-state index in [1.165, 1.54) is 4.57 Å². The Kier molecular flexibility index (Phi) is 8.28. The van der Waals surface area contributed by atoms with Crippen molar-refractivity contribution >= 4 is 11.5 Å². The second-order valence-electron chi connectivity index (χ2n) is 6.98. The van der Waals surface area contributed by atoms with E-state index in [1.807, 2.05) is 18.7 Å². The number of hydrogen-bond acceptors (Lipinski definition) is 7. The van der Waals surface area contributed by atoms with Crippen molar-refractivity contribution in [1.82, 2.24) is 19.7 Å². The molecular weight excluding hydrogens is 360 g/mol. The van der Waals surface area contributed by atoms with E-state index in [-0.39, 0.29) is 12.4 Å². The van der Waals surface area contributed by atoms with E-state index in [0.29, 0.717) is 30.5 Å². The van der Waals surface area contributed by atoms with Gasteiger partial charge in [0.1, 0.15) is 11.5 Å². The van der Waals surface area contributed by atoms with Crippen LogP contribution in [0.4, 0.5) is 11.5 Å². The molecule has 0 spiro atoms. The summed E-state index contributed by atoms with van der Waals surface area (Å²) in [5, 5.41) is 3.98. The lowest BCUT2D eigenvalue weighted by Crippen LogP contribution is -2.38.